The Balaban J connectivity index is 2.83. The molecule has 0 fully saturated rings. The lowest BCUT2D eigenvalue weighted by atomic mass is 9.98. The summed E-state index contributed by atoms with van der Waals surface area (Å²) in [6.45, 7) is 7.21. The molecule has 0 saturated heterocycles. The molecule has 0 radical (unpaired) electrons. The normalized spacial score (nSPS) is 13.9. The van der Waals surface area contributed by atoms with Gasteiger partial charge < -0.3 is 10.0 Å². The Morgan fingerprint density at radius 2 is 1.90 bits per heavy atom. The van der Waals surface area contributed by atoms with Crippen molar-refractivity contribution < 1.29 is 14.7 Å². The topological polar surface area (TPSA) is 75.4 Å². The maximum Gasteiger partial charge on any atom is 0.326 e. The number of carbonyl (C=O) groups is 2. The Hall–Kier alpha value is -1.85. The zero-order valence-electron chi connectivity index (χ0n) is 13.0. The summed E-state index contributed by atoms with van der Waals surface area (Å²) in [5.41, 5.74) is 3.01. The lowest BCUT2D eigenvalue weighted by Gasteiger charge is -2.25. The number of likely N-dealkylation sites (N-methyl/N-ethyl adjacent to an activating group) is 1. The SMILES string of the molecule is Cc1nn(C)c(C)c1CC(C)C(=O)N(C)C(C)C(=O)O. The van der Waals surface area contributed by atoms with Crippen LogP contribution in [0, 0.1) is 19.8 Å². The van der Waals surface area contributed by atoms with Gasteiger partial charge in [0.1, 0.15) is 6.04 Å². The Morgan fingerprint density at radius 1 is 1.35 bits per heavy atom. The van der Waals surface area contributed by atoms with Crippen molar-refractivity contribution in [2.75, 3.05) is 7.05 Å². The van der Waals surface area contributed by atoms with E-state index in [1.807, 2.05) is 27.8 Å². The minimum absolute atomic E-state index is 0.164. The average Bonchev–Trinajstić information content (AvgIpc) is 2.62. The fourth-order valence-electron chi connectivity index (χ4n) is 2.21. The highest BCUT2D eigenvalue weighted by molar-refractivity contribution is 5.84. The summed E-state index contributed by atoms with van der Waals surface area (Å²) < 4.78 is 1.80. The first-order chi connectivity index (χ1) is 9.16. The number of carboxylic acid groups (broad SMARTS) is 1. The third kappa shape index (κ3) is 3.18. The van der Waals surface area contributed by atoms with Gasteiger partial charge in [-0.25, -0.2) is 4.79 Å². The van der Waals surface area contributed by atoms with E-state index in [1.54, 1.807) is 4.68 Å². The lowest BCUT2D eigenvalue weighted by molar-refractivity contribution is -0.149. The number of carboxylic acids is 1. The molecular weight excluding hydrogens is 258 g/mol. The molecule has 2 atom stereocenters. The molecule has 0 aliphatic rings. The van der Waals surface area contributed by atoms with Crippen LogP contribution in [0.4, 0.5) is 0 Å². The van der Waals surface area contributed by atoms with Crippen LogP contribution in [0.1, 0.15) is 30.8 Å². The lowest BCUT2D eigenvalue weighted by Crippen LogP contribution is -2.43. The summed E-state index contributed by atoms with van der Waals surface area (Å²) >= 11 is 0. The molecule has 0 aliphatic heterocycles. The minimum atomic E-state index is -0.998. The molecule has 1 aromatic heterocycles. The van der Waals surface area contributed by atoms with Gasteiger partial charge >= 0.3 is 5.97 Å². The predicted molar refractivity (Wildman–Crippen MR) is 75.4 cm³/mol. The molecule has 0 spiro atoms. The number of amides is 1. The Bertz CT molecular complexity index is 522. The number of hydrogen-bond donors (Lipinski definition) is 1. The quantitative estimate of drug-likeness (QED) is 0.878. The largest absolute Gasteiger partial charge is 0.480 e. The van der Waals surface area contributed by atoms with Crippen LogP contribution in [-0.4, -0.2) is 44.8 Å². The van der Waals surface area contributed by atoms with Crippen molar-refractivity contribution in [3.63, 3.8) is 0 Å². The first-order valence-corrected chi connectivity index (χ1v) is 6.65. The van der Waals surface area contributed by atoms with Crippen LogP contribution in [0.25, 0.3) is 0 Å². The van der Waals surface area contributed by atoms with Crippen molar-refractivity contribution in [3.05, 3.63) is 17.0 Å². The van der Waals surface area contributed by atoms with E-state index in [9.17, 15) is 9.59 Å². The van der Waals surface area contributed by atoms with E-state index in [1.165, 1.54) is 18.9 Å². The highest BCUT2D eigenvalue weighted by atomic mass is 16.4. The van der Waals surface area contributed by atoms with E-state index in [-0.39, 0.29) is 11.8 Å². The standard InChI is InChI=1S/C14H23N3O3/c1-8(13(18)16(5)11(4)14(19)20)7-12-9(2)15-17(6)10(12)3/h8,11H,7H2,1-6H3,(H,19,20). The van der Waals surface area contributed by atoms with Crippen LogP contribution in [0.15, 0.2) is 0 Å². The van der Waals surface area contributed by atoms with Crippen molar-refractivity contribution in [3.8, 4) is 0 Å². The molecule has 1 aromatic rings. The summed E-state index contributed by atoms with van der Waals surface area (Å²) in [5.74, 6) is -1.44. The molecule has 6 nitrogen and oxygen atoms in total. The van der Waals surface area contributed by atoms with E-state index < -0.39 is 12.0 Å². The first-order valence-electron chi connectivity index (χ1n) is 6.65. The van der Waals surface area contributed by atoms with Gasteiger partial charge in [0.2, 0.25) is 5.91 Å². The Labute approximate surface area is 119 Å². The maximum atomic E-state index is 12.3. The molecule has 0 aromatic carbocycles. The van der Waals surface area contributed by atoms with E-state index in [0.29, 0.717) is 6.42 Å². The highest BCUT2D eigenvalue weighted by Gasteiger charge is 2.26. The Kier molecular flexibility index (Phi) is 4.92. The van der Waals surface area contributed by atoms with Gasteiger partial charge in [0, 0.05) is 25.7 Å². The van der Waals surface area contributed by atoms with Crippen molar-refractivity contribution in [2.45, 2.75) is 40.2 Å². The molecule has 2 unspecified atom stereocenters. The maximum absolute atomic E-state index is 12.3. The van der Waals surface area contributed by atoms with Crippen molar-refractivity contribution >= 4 is 11.9 Å². The van der Waals surface area contributed by atoms with Gasteiger partial charge in [-0.15, -0.1) is 0 Å². The van der Waals surface area contributed by atoms with Crippen molar-refractivity contribution in [1.82, 2.24) is 14.7 Å². The molecule has 20 heavy (non-hydrogen) atoms. The molecule has 0 aliphatic carbocycles. The number of hydrogen-bond acceptors (Lipinski definition) is 3. The smallest absolute Gasteiger partial charge is 0.326 e. The zero-order chi connectivity index (χ0) is 15.6. The number of aliphatic carboxylic acids is 1. The fourth-order valence-corrected chi connectivity index (χ4v) is 2.21. The number of nitrogens with zero attached hydrogens (tertiary/aromatic N) is 3. The van der Waals surface area contributed by atoms with E-state index in [0.717, 1.165) is 17.0 Å². The van der Waals surface area contributed by atoms with Crippen LogP contribution < -0.4 is 0 Å². The third-order valence-electron chi connectivity index (χ3n) is 3.88. The van der Waals surface area contributed by atoms with Gasteiger partial charge in [0.25, 0.3) is 0 Å². The summed E-state index contributed by atoms with van der Waals surface area (Å²) in [7, 11) is 3.40. The van der Waals surface area contributed by atoms with Crippen LogP contribution in [0.3, 0.4) is 0 Å². The Morgan fingerprint density at radius 3 is 2.30 bits per heavy atom. The molecule has 1 N–H and O–H groups in total. The molecule has 112 valence electrons. The first kappa shape index (κ1) is 16.2. The number of aromatic nitrogens is 2. The average molecular weight is 281 g/mol. The number of aryl methyl sites for hydroxylation is 2. The third-order valence-corrected chi connectivity index (χ3v) is 3.88. The summed E-state index contributed by atoms with van der Waals surface area (Å²) in [6.07, 6.45) is 0.570. The molecule has 1 heterocycles. The molecule has 6 heteroatoms. The van der Waals surface area contributed by atoms with Gasteiger partial charge in [-0.2, -0.15) is 5.10 Å². The molecular formula is C14H23N3O3. The molecule has 1 rings (SSSR count). The van der Waals surface area contributed by atoms with Gasteiger partial charge in [0.05, 0.1) is 5.69 Å². The van der Waals surface area contributed by atoms with Crippen LogP contribution in [0.2, 0.25) is 0 Å². The summed E-state index contributed by atoms with van der Waals surface area (Å²) in [4.78, 5) is 24.5. The zero-order valence-corrected chi connectivity index (χ0v) is 13.0. The second-order valence-electron chi connectivity index (χ2n) is 5.34. The second-order valence-corrected chi connectivity index (χ2v) is 5.34. The van der Waals surface area contributed by atoms with Crippen molar-refractivity contribution in [1.29, 1.82) is 0 Å². The van der Waals surface area contributed by atoms with Crippen LogP contribution >= 0.6 is 0 Å². The van der Waals surface area contributed by atoms with Crippen molar-refractivity contribution in [2.24, 2.45) is 13.0 Å². The predicted octanol–water partition coefficient (Wildman–Crippen LogP) is 1.15. The fraction of sp³-hybridized carbons (Fsp3) is 0.643. The van der Waals surface area contributed by atoms with E-state index in [4.69, 9.17) is 5.11 Å². The number of carbonyl (C=O) groups excluding carboxylic acids is 1. The van der Waals surface area contributed by atoms with Gasteiger partial charge in [-0.05, 0) is 32.8 Å². The summed E-state index contributed by atoms with van der Waals surface area (Å²) in [5, 5.41) is 13.3. The molecule has 1 amide bonds. The van der Waals surface area contributed by atoms with Gasteiger partial charge in [-0.3, -0.25) is 9.48 Å². The monoisotopic (exact) mass is 281 g/mol. The van der Waals surface area contributed by atoms with Gasteiger partial charge in [0.15, 0.2) is 0 Å². The van der Waals surface area contributed by atoms with Crippen LogP contribution in [-0.2, 0) is 23.1 Å². The van der Waals surface area contributed by atoms with Crippen LogP contribution in [0.5, 0.6) is 0 Å². The minimum Gasteiger partial charge on any atom is -0.480 e. The van der Waals surface area contributed by atoms with E-state index >= 15 is 0 Å². The van der Waals surface area contributed by atoms with E-state index in [2.05, 4.69) is 5.10 Å². The second kappa shape index (κ2) is 6.07. The number of rotatable bonds is 5. The molecule has 0 bridgehead atoms. The highest BCUT2D eigenvalue weighted by Crippen LogP contribution is 2.18. The van der Waals surface area contributed by atoms with Gasteiger partial charge in [-0.1, -0.05) is 6.92 Å². The molecule has 0 saturated carbocycles. The summed E-state index contributed by atoms with van der Waals surface area (Å²) in [6, 6.07) is -0.818.